The number of hydrogen-bond donors (Lipinski definition) is 6. The van der Waals surface area contributed by atoms with Crippen LogP contribution in [0.25, 0.3) is 0 Å². The molecule has 0 amide bonds. The fraction of sp³-hybridized carbons (Fsp3) is 0.556. The van der Waals surface area contributed by atoms with E-state index in [-0.39, 0.29) is 0 Å². The molecular weight excluding hydrogens is 342 g/mol. The molecule has 5 N–H and O–H groups in total. The highest BCUT2D eigenvalue weighted by molar-refractivity contribution is 7.80. The Bertz CT molecular complexity index is 558. The maximum atomic E-state index is 11.4. The van der Waals surface area contributed by atoms with Gasteiger partial charge in [0.2, 0.25) is 0 Å². The van der Waals surface area contributed by atoms with Gasteiger partial charge >= 0.3 is 15.2 Å². The Morgan fingerprint density at radius 2 is 1.62 bits per heavy atom. The molecule has 0 aliphatic carbocycles. The van der Waals surface area contributed by atoms with Gasteiger partial charge in [-0.05, 0) is 24.2 Å². The molecule has 12 heteroatoms. The minimum atomic E-state index is -5.13. The largest absolute Gasteiger partial charge is 0.379 e. The number of aliphatic hydroxyl groups is 1. The van der Waals surface area contributed by atoms with E-state index in [0.29, 0.717) is 17.7 Å². The Hall–Kier alpha value is -0.310. The van der Waals surface area contributed by atoms with Gasteiger partial charge in [0, 0.05) is 12.4 Å². The van der Waals surface area contributed by atoms with Gasteiger partial charge in [0.05, 0.1) is 0 Å². The van der Waals surface area contributed by atoms with Crippen molar-refractivity contribution in [2.45, 2.75) is 24.3 Å². The smallest absolute Gasteiger partial charge is 0.355 e. The lowest BCUT2D eigenvalue weighted by atomic mass is 10.2. The van der Waals surface area contributed by atoms with Gasteiger partial charge in [-0.15, -0.1) is 0 Å². The second kappa shape index (κ2) is 7.30. The van der Waals surface area contributed by atoms with Crippen molar-refractivity contribution in [1.82, 2.24) is 9.97 Å². The van der Waals surface area contributed by atoms with Crippen molar-refractivity contribution in [1.29, 1.82) is 0 Å². The Labute approximate surface area is 126 Å². The minimum absolute atomic E-state index is 0.520. The Morgan fingerprint density at radius 1 is 1.10 bits per heavy atom. The van der Waals surface area contributed by atoms with Gasteiger partial charge in [0.15, 0.2) is 11.5 Å². The van der Waals surface area contributed by atoms with Crippen LogP contribution in [-0.4, -0.2) is 46.2 Å². The van der Waals surface area contributed by atoms with Gasteiger partial charge in [-0.2, -0.15) is 12.6 Å². The van der Waals surface area contributed by atoms with Gasteiger partial charge < -0.3 is 24.7 Å². The van der Waals surface area contributed by atoms with Crippen LogP contribution >= 0.6 is 27.8 Å². The third-order valence-electron chi connectivity index (χ3n) is 2.60. The van der Waals surface area contributed by atoms with Crippen LogP contribution in [0.15, 0.2) is 12.4 Å². The van der Waals surface area contributed by atoms with Crippen LogP contribution in [0.3, 0.4) is 0 Å². The topological polar surface area (TPSA) is 161 Å². The summed E-state index contributed by atoms with van der Waals surface area (Å²) >= 11 is 4.04. The van der Waals surface area contributed by atoms with Gasteiger partial charge in [0.25, 0.3) is 0 Å². The third kappa shape index (κ3) is 5.43. The zero-order valence-electron chi connectivity index (χ0n) is 10.7. The molecule has 2 atom stereocenters. The van der Waals surface area contributed by atoms with E-state index in [1.54, 1.807) is 0 Å². The number of nitrogens with zero attached hydrogens (tertiary/aromatic N) is 2. The number of aliphatic hydroxyl groups excluding tert-OH is 1. The summed E-state index contributed by atoms with van der Waals surface area (Å²) in [5.41, 5.74) is -1.50. The third-order valence-corrected chi connectivity index (χ3v) is 5.38. The average molecular weight is 358 g/mol. The Balaban J connectivity index is 3.11. The van der Waals surface area contributed by atoms with E-state index in [1.165, 1.54) is 12.4 Å². The van der Waals surface area contributed by atoms with E-state index in [4.69, 9.17) is 9.79 Å². The molecule has 0 radical (unpaired) electrons. The van der Waals surface area contributed by atoms with E-state index in [1.807, 2.05) is 0 Å². The van der Waals surface area contributed by atoms with Gasteiger partial charge in [-0.3, -0.25) is 9.13 Å². The van der Waals surface area contributed by atoms with Crippen molar-refractivity contribution in [3.8, 4) is 0 Å². The van der Waals surface area contributed by atoms with Crippen molar-refractivity contribution in [3.63, 3.8) is 0 Å². The molecule has 2 unspecified atom stereocenters. The molecule has 0 fully saturated rings. The van der Waals surface area contributed by atoms with Crippen molar-refractivity contribution in [3.05, 3.63) is 23.8 Å². The van der Waals surface area contributed by atoms with Crippen molar-refractivity contribution < 1.29 is 33.8 Å². The van der Waals surface area contributed by atoms with E-state index >= 15 is 0 Å². The van der Waals surface area contributed by atoms with Crippen molar-refractivity contribution >= 4 is 27.8 Å². The van der Waals surface area contributed by atoms with E-state index in [0.717, 1.165) is 6.42 Å². The molecule has 0 aliphatic heterocycles. The Kier molecular flexibility index (Phi) is 6.52. The first-order valence-electron chi connectivity index (χ1n) is 5.77. The number of hydrogen-bond acceptors (Lipinski definition) is 6. The first-order chi connectivity index (χ1) is 9.57. The molecule has 1 aromatic heterocycles. The summed E-state index contributed by atoms with van der Waals surface area (Å²) in [6, 6.07) is 0. The monoisotopic (exact) mass is 358 g/mol. The second-order valence-electron chi connectivity index (χ2n) is 4.31. The fourth-order valence-electron chi connectivity index (χ4n) is 1.57. The first kappa shape index (κ1) is 18.7. The first-order valence-corrected chi connectivity index (χ1v) is 9.77. The van der Waals surface area contributed by atoms with Crippen LogP contribution in [0, 0.1) is 0 Å². The summed E-state index contributed by atoms with van der Waals surface area (Å²) in [7, 11) is -10.2. The summed E-state index contributed by atoms with van der Waals surface area (Å²) in [5.74, 6) is -2.46. The molecule has 0 saturated carbocycles. The molecule has 0 spiro atoms. The minimum Gasteiger partial charge on any atom is -0.379 e. The zero-order valence-corrected chi connectivity index (χ0v) is 13.4. The summed E-state index contributed by atoms with van der Waals surface area (Å²) in [6.07, 6.45) is 3.94. The van der Waals surface area contributed by atoms with E-state index in [2.05, 4.69) is 22.6 Å². The molecule has 9 nitrogen and oxygen atoms in total. The van der Waals surface area contributed by atoms with Crippen LogP contribution in [0.1, 0.15) is 23.5 Å². The number of aryl methyl sites for hydroxylation is 1. The summed E-state index contributed by atoms with van der Waals surface area (Å²) in [5, 5.41) is 9.50. The molecule has 0 aliphatic rings. The number of aromatic nitrogens is 2. The fourth-order valence-corrected chi connectivity index (χ4v) is 4.05. The van der Waals surface area contributed by atoms with Crippen molar-refractivity contribution in [2.75, 3.05) is 5.75 Å². The van der Waals surface area contributed by atoms with Crippen LogP contribution in [0.4, 0.5) is 0 Å². The molecule has 0 bridgehead atoms. The maximum absolute atomic E-state index is 11.4. The van der Waals surface area contributed by atoms with Crippen LogP contribution in [0.5, 0.6) is 0 Å². The predicted molar refractivity (Wildman–Crippen MR) is 77.0 cm³/mol. The lowest BCUT2D eigenvalue weighted by Gasteiger charge is -2.23. The standard InChI is InChI=1S/C9H16N2O7P2S/c12-9(20(16,17)18)7(19(13,14)15)8-10-4-6(5-11-8)2-1-3-21/h4-5,7,9,12,21H,1-3H2,(H2,13,14,15)(H2,16,17,18). The normalized spacial score (nSPS) is 15.7. The lowest BCUT2D eigenvalue weighted by molar-refractivity contribution is 0.182. The zero-order chi connectivity index (χ0) is 16.3. The average Bonchev–Trinajstić information content (AvgIpc) is 2.35. The predicted octanol–water partition coefficient (Wildman–Crippen LogP) is 0.0539. The molecule has 1 heterocycles. The van der Waals surface area contributed by atoms with E-state index in [9.17, 15) is 24.0 Å². The maximum Gasteiger partial charge on any atom is 0.355 e. The highest BCUT2D eigenvalue weighted by Gasteiger charge is 2.47. The summed E-state index contributed by atoms with van der Waals surface area (Å²) < 4.78 is 22.4. The molecule has 120 valence electrons. The molecule has 0 aromatic carbocycles. The SMILES string of the molecule is O=P(O)(O)C(O)C(c1ncc(CCCS)cn1)P(=O)(O)O. The molecule has 21 heavy (non-hydrogen) atoms. The molecule has 0 saturated heterocycles. The number of thiol groups is 1. The quantitative estimate of drug-likeness (QED) is 0.292. The second-order valence-corrected chi connectivity index (χ2v) is 8.20. The molecule has 1 rings (SSSR count). The molecular formula is C9H16N2O7P2S. The van der Waals surface area contributed by atoms with E-state index < -0.39 is 32.5 Å². The van der Waals surface area contributed by atoms with Gasteiger partial charge in [-0.25, -0.2) is 9.97 Å². The lowest BCUT2D eigenvalue weighted by Crippen LogP contribution is -2.21. The molecule has 1 aromatic rings. The summed E-state index contributed by atoms with van der Waals surface area (Å²) in [6.45, 7) is 0. The summed E-state index contributed by atoms with van der Waals surface area (Å²) in [4.78, 5) is 43.6. The number of rotatable bonds is 7. The van der Waals surface area contributed by atoms with Crippen LogP contribution < -0.4 is 0 Å². The van der Waals surface area contributed by atoms with Gasteiger partial charge in [0.1, 0.15) is 5.82 Å². The Morgan fingerprint density at radius 3 is 2.00 bits per heavy atom. The van der Waals surface area contributed by atoms with Crippen LogP contribution in [0.2, 0.25) is 0 Å². The van der Waals surface area contributed by atoms with Crippen LogP contribution in [-0.2, 0) is 15.6 Å². The highest BCUT2D eigenvalue weighted by Crippen LogP contribution is 2.60. The van der Waals surface area contributed by atoms with Crippen molar-refractivity contribution in [2.24, 2.45) is 0 Å². The highest BCUT2D eigenvalue weighted by atomic mass is 32.1. The van der Waals surface area contributed by atoms with Gasteiger partial charge in [-0.1, -0.05) is 0 Å².